The number of nitrogens with zero attached hydrogens (tertiary/aromatic N) is 2. The molecule has 26 heavy (non-hydrogen) atoms. The van der Waals surface area contributed by atoms with Gasteiger partial charge < -0.3 is 10.6 Å². The van der Waals surface area contributed by atoms with Gasteiger partial charge in [-0.15, -0.1) is 35.7 Å². The summed E-state index contributed by atoms with van der Waals surface area (Å²) in [5, 5.41) is 7.19. The Morgan fingerprint density at radius 2 is 2.04 bits per heavy atom. The number of aromatic nitrogens is 1. The molecule has 1 heterocycles. The fourth-order valence-electron chi connectivity index (χ4n) is 2.37. The summed E-state index contributed by atoms with van der Waals surface area (Å²) in [5.41, 5.74) is 3.67. The van der Waals surface area contributed by atoms with Gasteiger partial charge in [0.25, 0.3) is 0 Å². The summed E-state index contributed by atoms with van der Waals surface area (Å²) >= 11 is 7.58. The van der Waals surface area contributed by atoms with Crippen LogP contribution in [0.3, 0.4) is 0 Å². The van der Waals surface area contributed by atoms with Gasteiger partial charge >= 0.3 is 0 Å². The van der Waals surface area contributed by atoms with Gasteiger partial charge in [0.15, 0.2) is 5.96 Å². The molecule has 2 aromatic rings. The minimum Gasteiger partial charge on any atom is -0.357 e. The second-order valence-electron chi connectivity index (χ2n) is 5.68. The molecule has 0 saturated heterocycles. The maximum atomic E-state index is 5.81. The lowest BCUT2D eigenvalue weighted by atomic mass is 10.1. The van der Waals surface area contributed by atoms with Crippen LogP contribution in [0.15, 0.2) is 46.4 Å². The highest BCUT2D eigenvalue weighted by molar-refractivity contribution is 14.0. The van der Waals surface area contributed by atoms with Crippen LogP contribution >= 0.6 is 47.3 Å². The summed E-state index contributed by atoms with van der Waals surface area (Å²) in [6, 6.07) is 10.3. The number of pyridine rings is 1. The van der Waals surface area contributed by atoms with E-state index < -0.39 is 0 Å². The van der Waals surface area contributed by atoms with Crippen LogP contribution in [0.25, 0.3) is 0 Å². The molecule has 7 heteroatoms. The van der Waals surface area contributed by atoms with Crippen LogP contribution < -0.4 is 10.6 Å². The molecule has 1 aromatic heterocycles. The van der Waals surface area contributed by atoms with E-state index in [9.17, 15) is 0 Å². The van der Waals surface area contributed by atoms with Crippen LogP contribution in [0.2, 0.25) is 5.15 Å². The minimum atomic E-state index is 0. The lowest BCUT2D eigenvalue weighted by molar-refractivity contribution is 0.796. The zero-order valence-corrected chi connectivity index (χ0v) is 19.3. The lowest BCUT2D eigenvalue weighted by Gasteiger charge is -2.12. The Balaban J connectivity index is 0.00000338. The number of aryl methyl sites for hydroxylation is 1. The Labute approximate surface area is 182 Å². The average Bonchev–Trinajstić information content (AvgIpc) is 2.62. The molecule has 0 fully saturated rings. The highest BCUT2D eigenvalue weighted by atomic mass is 127. The molecule has 0 aliphatic rings. The van der Waals surface area contributed by atoms with Crippen molar-refractivity contribution in [2.24, 2.45) is 4.99 Å². The first-order chi connectivity index (χ1) is 12.1. The Morgan fingerprint density at radius 3 is 2.69 bits per heavy atom. The second kappa shape index (κ2) is 12.4. The van der Waals surface area contributed by atoms with Gasteiger partial charge in [0.2, 0.25) is 0 Å². The van der Waals surface area contributed by atoms with Gasteiger partial charge in [-0.25, -0.2) is 9.98 Å². The van der Waals surface area contributed by atoms with Crippen molar-refractivity contribution in [2.45, 2.75) is 31.7 Å². The summed E-state index contributed by atoms with van der Waals surface area (Å²) in [7, 11) is 0. The number of guanidine groups is 1. The van der Waals surface area contributed by atoms with E-state index in [-0.39, 0.29) is 24.0 Å². The van der Waals surface area contributed by atoms with Crippen molar-refractivity contribution >= 4 is 53.3 Å². The first kappa shape index (κ1) is 23.0. The summed E-state index contributed by atoms with van der Waals surface area (Å²) in [6.07, 6.45) is 4.78. The maximum absolute atomic E-state index is 5.81. The van der Waals surface area contributed by atoms with Gasteiger partial charge in [0, 0.05) is 24.2 Å². The van der Waals surface area contributed by atoms with E-state index in [1.165, 1.54) is 16.0 Å². The van der Waals surface area contributed by atoms with Crippen molar-refractivity contribution in [1.29, 1.82) is 0 Å². The highest BCUT2D eigenvalue weighted by Crippen LogP contribution is 2.22. The van der Waals surface area contributed by atoms with Gasteiger partial charge in [-0.1, -0.05) is 29.8 Å². The molecule has 0 atom stereocenters. The van der Waals surface area contributed by atoms with Gasteiger partial charge in [-0.3, -0.25) is 0 Å². The average molecular weight is 505 g/mol. The van der Waals surface area contributed by atoms with Crippen LogP contribution in [0.1, 0.15) is 23.6 Å². The number of aliphatic imine (C=N–C) groups is 1. The summed E-state index contributed by atoms with van der Waals surface area (Å²) in [5.74, 6) is 0.831. The second-order valence-corrected chi connectivity index (χ2v) is 6.91. The number of hydrogen-bond donors (Lipinski definition) is 2. The molecule has 0 saturated carbocycles. The molecule has 0 aliphatic carbocycles. The van der Waals surface area contributed by atoms with Gasteiger partial charge in [0.1, 0.15) is 5.15 Å². The van der Waals surface area contributed by atoms with Crippen molar-refractivity contribution in [3.05, 3.63) is 58.4 Å². The fourth-order valence-corrected chi connectivity index (χ4v) is 3.18. The molecule has 0 spiro atoms. The molecular weight excluding hydrogens is 479 g/mol. The number of hydrogen-bond acceptors (Lipinski definition) is 3. The lowest BCUT2D eigenvalue weighted by Crippen LogP contribution is -2.38. The third-order valence-electron chi connectivity index (χ3n) is 3.69. The minimum absolute atomic E-state index is 0. The molecule has 1 aromatic carbocycles. The summed E-state index contributed by atoms with van der Waals surface area (Å²) < 4.78 is 0. The zero-order valence-electron chi connectivity index (χ0n) is 15.4. The molecule has 0 unspecified atom stereocenters. The standard InChI is InChI=1S/C19H25ClN4S.HI/c1-4-21-19(22-10-9-15-6-8-18(20)23-12-15)24-13-16-7-5-14(2)11-17(16)25-3;/h5-8,11-12H,4,9-10,13H2,1-3H3,(H2,21,22,24);1H. The van der Waals surface area contributed by atoms with Gasteiger partial charge in [-0.05, 0) is 55.3 Å². The molecule has 0 bridgehead atoms. The van der Waals surface area contributed by atoms with E-state index in [0.29, 0.717) is 11.7 Å². The Hall–Kier alpha value is -0.990. The number of halogens is 2. The Morgan fingerprint density at radius 1 is 1.23 bits per heavy atom. The van der Waals surface area contributed by atoms with E-state index in [1.54, 1.807) is 11.8 Å². The quantitative estimate of drug-likeness (QED) is 0.189. The van der Waals surface area contributed by atoms with E-state index in [4.69, 9.17) is 16.6 Å². The van der Waals surface area contributed by atoms with E-state index in [0.717, 1.165) is 31.0 Å². The molecule has 0 radical (unpaired) electrons. The predicted molar refractivity (Wildman–Crippen MR) is 124 cm³/mol. The maximum Gasteiger partial charge on any atom is 0.191 e. The van der Waals surface area contributed by atoms with Crippen molar-refractivity contribution in [1.82, 2.24) is 15.6 Å². The number of nitrogens with one attached hydrogen (secondary N) is 2. The van der Waals surface area contributed by atoms with Gasteiger partial charge in [-0.2, -0.15) is 0 Å². The van der Waals surface area contributed by atoms with Crippen LogP contribution in [-0.4, -0.2) is 30.3 Å². The van der Waals surface area contributed by atoms with Crippen molar-refractivity contribution < 1.29 is 0 Å². The summed E-state index contributed by atoms with van der Waals surface area (Å²) in [6.45, 7) is 6.47. The molecule has 0 amide bonds. The van der Waals surface area contributed by atoms with Crippen molar-refractivity contribution in [3.63, 3.8) is 0 Å². The third kappa shape index (κ3) is 7.72. The zero-order chi connectivity index (χ0) is 18.1. The topological polar surface area (TPSA) is 49.3 Å². The number of thioether (sulfide) groups is 1. The molecule has 4 nitrogen and oxygen atoms in total. The van der Waals surface area contributed by atoms with Crippen molar-refractivity contribution in [3.8, 4) is 0 Å². The highest BCUT2D eigenvalue weighted by Gasteiger charge is 2.03. The first-order valence-corrected chi connectivity index (χ1v) is 9.98. The van der Waals surface area contributed by atoms with Gasteiger partial charge in [0.05, 0.1) is 6.54 Å². The largest absolute Gasteiger partial charge is 0.357 e. The molecule has 2 rings (SSSR count). The molecule has 2 N–H and O–H groups in total. The predicted octanol–water partition coefficient (Wildman–Crippen LogP) is 4.68. The molecule has 0 aliphatic heterocycles. The number of benzene rings is 1. The monoisotopic (exact) mass is 504 g/mol. The first-order valence-electron chi connectivity index (χ1n) is 8.38. The van der Waals surface area contributed by atoms with Crippen LogP contribution in [0, 0.1) is 6.92 Å². The third-order valence-corrected chi connectivity index (χ3v) is 4.73. The molecule has 142 valence electrons. The Kier molecular flexibility index (Phi) is 11.0. The van der Waals surface area contributed by atoms with E-state index in [2.05, 4.69) is 53.9 Å². The van der Waals surface area contributed by atoms with E-state index >= 15 is 0 Å². The fraction of sp³-hybridized carbons (Fsp3) is 0.368. The van der Waals surface area contributed by atoms with E-state index in [1.807, 2.05) is 18.3 Å². The summed E-state index contributed by atoms with van der Waals surface area (Å²) in [4.78, 5) is 10.1. The smallest absolute Gasteiger partial charge is 0.191 e. The van der Waals surface area contributed by atoms with Crippen LogP contribution in [0.5, 0.6) is 0 Å². The molecular formula is C19H26ClIN4S. The normalized spacial score (nSPS) is 11.0. The van der Waals surface area contributed by atoms with Crippen molar-refractivity contribution in [2.75, 3.05) is 19.3 Å². The van der Waals surface area contributed by atoms with Crippen LogP contribution in [-0.2, 0) is 13.0 Å². The number of rotatable bonds is 7. The Bertz CT molecular complexity index is 707. The van der Waals surface area contributed by atoms with Crippen LogP contribution in [0.4, 0.5) is 0 Å². The SMILES string of the molecule is CCNC(=NCc1ccc(C)cc1SC)NCCc1ccc(Cl)nc1.I.